The summed E-state index contributed by atoms with van der Waals surface area (Å²) in [5.74, 6) is -0.403. The Kier molecular flexibility index (Phi) is 39.2. The van der Waals surface area contributed by atoms with E-state index in [0.717, 1.165) is 57.8 Å². The molecule has 6 atom stereocenters. The van der Waals surface area contributed by atoms with Crippen LogP contribution in [-0.4, -0.2) is 97.5 Å². The first-order valence-electron chi connectivity index (χ1n) is 25.4. The Morgan fingerprint density at radius 3 is 1.45 bits per heavy atom. The van der Waals surface area contributed by atoms with E-state index in [1.807, 2.05) is 0 Å². The number of carbonyl (C=O) groups is 1. The zero-order valence-corrected chi connectivity index (χ0v) is 40.3. The van der Waals surface area contributed by atoms with Crippen molar-refractivity contribution in [3.63, 3.8) is 0 Å². The second-order valence-corrected chi connectivity index (χ2v) is 18.8. The molecule has 0 aromatic heterocycles. The third-order valence-electron chi connectivity index (χ3n) is 11.9. The van der Waals surface area contributed by atoms with Gasteiger partial charge in [-0.15, -0.1) is 0 Å². The van der Waals surface area contributed by atoms with Gasteiger partial charge in [-0.3, -0.25) is 9.35 Å². The van der Waals surface area contributed by atoms with E-state index in [0.29, 0.717) is 13.0 Å². The van der Waals surface area contributed by atoms with Crippen molar-refractivity contribution in [1.29, 1.82) is 0 Å². The van der Waals surface area contributed by atoms with Gasteiger partial charge in [0.25, 0.3) is 0 Å². The Morgan fingerprint density at radius 2 is 1.02 bits per heavy atom. The van der Waals surface area contributed by atoms with Crippen molar-refractivity contribution in [2.45, 2.75) is 269 Å². The SMILES string of the molecule is CCCCCCC/C=C\CCCCCCCC(=O)OC(COCCCCCCCCCCCCCCCCCCCCCCC)COC1OC(CO)C(O)C(OS(=O)(=O)O)C1O. The van der Waals surface area contributed by atoms with E-state index in [-0.39, 0.29) is 19.6 Å². The van der Waals surface area contributed by atoms with Gasteiger partial charge in [0.1, 0.15) is 30.5 Å². The predicted octanol–water partition coefficient (Wildman–Crippen LogP) is 11.4. The Balaban J connectivity index is 2.33. The lowest BCUT2D eigenvalue weighted by Crippen LogP contribution is -2.60. The van der Waals surface area contributed by atoms with Crippen LogP contribution in [0.15, 0.2) is 12.2 Å². The number of hydrogen-bond donors (Lipinski definition) is 4. The number of allylic oxidation sites excluding steroid dienone is 2. The number of esters is 1. The first-order valence-corrected chi connectivity index (χ1v) is 26.8. The van der Waals surface area contributed by atoms with Gasteiger partial charge in [0.2, 0.25) is 0 Å². The van der Waals surface area contributed by atoms with Gasteiger partial charge in [-0.2, -0.15) is 8.42 Å². The minimum atomic E-state index is -5.06. The first-order chi connectivity index (χ1) is 30.1. The molecule has 0 spiro atoms. The predicted molar refractivity (Wildman–Crippen MR) is 248 cm³/mol. The minimum absolute atomic E-state index is 0.0387. The van der Waals surface area contributed by atoms with Crippen LogP contribution < -0.4 is 0 Å². The standard InChI is InChI=1S/C49H94O12S/c1-3-5-7-9-11-13-15-17-19-20-21-22-23-24-25-27-29-31-33-35-37-39-57-41-43(42-58-49-47(53)48(61-62(54,55)56)46(52)44(40-50)60-49)59-45(51)38-36-34-32-30-28-26-18-16-14-12-10-8-6-4-2/h16,18,43-44,46-50,52-53H,3-15,17,19-42H2,1-2H3,(H,54,55,56)/b18-16-. The summed E-state index contributed by atoms with van der Waals surface area (Å²) >= 11 is 0. The van der Waals surface area contributed by atoms with Crippen molar-refractivity contribution in [3.8, 4) is 0 Å². The molecular formula is C49H94O12S. The number of aliphatic hydroxyl groups excluding tert-OH is 3. The third-order valence-corrected chi connectivity index (χ3v) is 12.4. The van der Waals surface area contributed by atoms with E-state index in [2.05, 4.69) is 30.2 Å². The summed E-state index contributed by atoms with van der Waals surface area (Å²) in [4.78, 5) is 12.9. The summed E-state index contributed by atoms with van der Waals surface area (Å²) in [6, 6.07) is 0. The van der Waals surface area contributed by atoms with E-state index in [1.54, 1.807) is 0 Å². The second-order valence-electron chi connectivity index (χ2n) is 17.8. The van der Waals surface area contributed by atoms with Crippen molar-refractivity contribution >= 4 is 16.4 Å². The van der Waals surface area contributed by atoms with E-state index >= 15 is 0 Å². The molecule has 4 N–H and O–H groups in total. The molecule has 0 saturated carbocycles. The molecule has 0 aromatic carbocycles. The lowest BCUT2D eigenvalue weighted by atomic mass is 9.99. The normalized spacial score (nSPS) is 20.0. The number of hydrogen-bond acceptors (Lipinski definition) is 11. The molecule has 62 heavy (non-hydrogen) atoms. The fraction of sp³-hybridized carbons (Fsp3) is 0.939. The Morgan fingerprint density at radius 1 is 0.597 bits per heavy atom. The van der Waals surface area contributed by atoms with E-state index in [1.165, 1.54) is 148 Å². The molecule has 1 aliphatic heterocycles. The monoisotopic (exact) mass is 907 g/mol. The molecule has 1 fully saturated rings. The summed E-state index contributed by atoms with van der Waals surface area (Å²) < 4.78 is 59.2. The summed E-state index contributed by atoms with van der Waals surface area (Å²) in [5, 5.41) is 30.7. The van der Waals surface area contributed by atoms with E-state index < -0.39 is 59.8 Å². The minimum Gasteiger partial charge on any atom is -0.457 e. The van der Waals surface area contributed by atoms with Crippen LogP contribution in [0, 0.1) is 0 Å². The zero-order valence-electron chi connectivity index (χ0n) is 39.5. The maximum absolute atomic E-state index is 12.9. The molecular weight excluding hydrogens is 813 g/mol. The molecule has 1 rings (SSSR count). The molecule has 1 heterocycles. The maximum atomic E-state index is 12.9. The molecule has 368 valence electrons. The fourth-order valence-corrected chi connectivity index (χ4v) is 8.53. The van der Waals surface area contributed by atoms with Gasteiger partial charge in [-0.1, -0.05) is 199 Å². The largest absolute Gasteiger partial charge is 0.457 e. The second kappa shape index (κ2) is 41.3. The van der Waals surface area contributed by atoms with Gasteiger partial charge < -0.3 is 34.3 Å². The average Bonchev–Trinajstić information content (AvgIpc) is 3.24. The quantitative estimate of drug-likeness (QED) is 0.0197. The highest BCUT2D eigenvalue weighted by atomic mass is 32.3. The smallest absolute Gasteiger partial charge is 0.397 e. The summed E-state index contributed by atoms with van der Waals surface area (Å²) in [7, 11) is -5.06. The summed E-state index contributed by atoms with van der Waals surface area (Å²) in [6.07, 6.45) is 36.8. The molecule has 13 heteroatoms. The maximum Gasteiger partial charge on any atom is 0.397 e. The molecule has 0 bridgehead atoms. The van der Waals surface area contributed by atoms with Gasteiger partial charge in [-0.05, 0) is 38.5 Å². The zero-order chi connectivity index (χ0) is 45.4. The number of unbranched alkanes of at least 4 members (excludes halogenated alkanes) is 30. The van der Waals surface area contributed by atoms with Gasteiger partial charge >= 0.3 is 16.4 Å². The third kappa shape index (κ3) is 34.2. The Hall–Kier alpha value is -1.16. The first kappa shape index (κ1) is 58.9. The van der Waals surface area contributed by atoms with Gasteiger partial charge in [0.05, 0.1) is 19.8 Å². The molecule has 1 saturated heterocycles. The molecule has 12 nitrogen and oxygen atoms in total. The topological polar surface area (TPSA) is 178 Å². The lowest BCUT2D eigenvalue weighted by molar-refractivity contribution is -0.301. The number of rotatable bonds is 45. The van der Waals surface area contributed by atoms with Crippen LogP contribution in [0.3, 0.4) is 0 Å². The van der Waals surface area contributed by atoms with Crippen molar-refractivity contribution in [2.24, 2.45) is 0 Å². The van der Waals surface area contributed by atoms with Crippen molar-refractivity contribution in [1.82, 2.24) is 0 Å². The van der Waals surface area contributed by atoms with Crippen LogP contribution in [-0.2, 0) is 38.3 Å². The molecule has 0 aromatic rings. The fourth-order valence-electron chi connectivity index (χ4n) is 8.02. The highest BCUT2D eigenvalue weighted by Crippen LogP contribution is 2.26. The Labute approximate surface area is 379 Å². The van der Waals surface area contributed by atoms with Crippen LogP contribution in [0.25, 0.3) is 0 Å². The van der Waals surface area contributed by atoms with Crippen LogP contribution in [0.5, 0.6) is 0 Å². The van der Waals surface area contributed by atoms with E-state index in [9.17, 15) is 33.1 Å². The van der Waals surface area contributed by atoms with Crippen LogP contribution >= 0.6 is 0 Å². The van der Waals surface area contributed by atoms with Crippen molar-refractivity contribution < 1.29 is 56.2 Å². The van der Waals surface area contributed by atoms with Crippen LogP contribution in [0.4, 0.5) is 0 Å². The number of aliphatic hydroxyl groups is 3. The van der Waals surface area contributed by atoms with Gasteiger partial charge in [-0.25, -0.2) is 4.18 Å². The highest BCUT2D eigenvalue weighted by Gasteiger charge is 2.48. The van der Waals surface area contributed by atoms with Crippen LogP contribution in [0.1, 0.15) is 232 Å². The summed E-state index contributed by atoms with van der Waals surface area (Å²) in [6.45, 7) is 4.01. The van der Waals surface area contributed by atoms with E-state index in [4.69, 9.17) is 18.9 Å². The van der Waals surface area contributed by atoms with Crippen molar-refractivity contribution in [2.75, 3.05) is 26.4 Å². The van der Waals surface area contributed by atoms with Gasteiger partial charge in [0.15, 0.2) is 6.29 Å². The lowest BCUT2D eigenvalue weighted by Gasteiger charge is -2.41. The molecule has 0 amide bonds. The molecule has 0 radical (unpaired) electrons. The molecule has 1 aliphatic rings. The summed E-state index contributed by atoms with van der Waals surface area (Å²) in [5.41, 5.74) is 0. The Bertz CT molecular complexity index is 1140. The average molecular weight is 907 g/mol. The van der Waals surface area contributed by atoms with Crippen molar-refractivity contribution in [3.05, 3.63) is 12.2 Å². The molecule has 6 unspecified atom stereocenters. The number of ether oxygens (including phenoxy) is 4. The molecule has 0 aliphatic carbocycles. The number of carbonyl (C=O) groups excluding carboxylic acids is 1. The van der Waals surface area contributed by atoms with Crippen LogP contribution in [0.2, 0.25) is 0 Å². The van der Waals surface area contributed by atoms with Gasteiger partial charge in [0, 0.05) is 13.0 Å². The highest BCUT2D eigenvalue weighted by molar-refractivity contribution is 7.80.